The highest BCUT2D eigenvalue weighted by atomic mass is 16.5. The van der Waals surface area contributed by atoms with Crippen molar-refractivity contribution >= 4 is 0 Å². The van der Waals surface area contributed by atoms with Crippen molar-refractivity contribution in [3.8, 4) is 17.6 Å². The molecule has 1 aliphatic heterocycles. The third-order valence-corrected chi connectivity index (χ3v) is 3.61. The van der Waals surface area contributed by atoms with Crippen LogP contribution < -0.4 is 9.47 Å². The van der Waals surface area contributed by atoms with E-state index in [-0.39, 0.29) is 6.04 Å². The first-order chi connectivity index (χ1) is 9.30. The molecular formula is C15H20N2O2. The summed E-state index contributed by atoms with van der Waals surface area (Å²) in [5, 5.41) is 9.53. The van der Waals surface area contributed by atoms with Gasteiger partial charge in [-0.2, -0.15) is 5.26 Å². The maximum atomic E-state index is 9.53. The minimum absolute atomic E-state index is 0.259. The SMILES string of the molecule is COc1ccc(OC)c(C(C#N)N2CCCCC2)c1. The van der Waals surface area contributed by atoms with Gasteiger partial charge in [-0.05, 0) is 44.1 Å². The Hall–Kier alpha value is -1.73. The first kappa shape index (κ1) is 13.7. The molecule has 0 saturated carbocycles. The van der Waals surface area contributed by atoms with E-state index in [0.717, 1.165) is 43.0 Å². The number of nitrogens with zero attached hydrogens (tertiary/aromatic N) is 2. The monoisotopic (exact) mass is 260 g/mol. The summed E-state index contributed by atoms with van der Waals surface area (Å²) in [6.45, 7) is 1.94. The van der Waals surface area contributed by atoms with Crippen LogP contribution in [0, 0.1) is 11.3 Å². The normalized spacial score (nSPS) is 17.5. The first-order valence-electron chi connectivity index (χ1n) is 6.65. The van der Waals surface area contributed by atoms with Crippen molar-refractivity contribution in [1.29, 1.82) is 5.26 Å². The summed E-state index contributed by atoms with van der Waals surface area (Å²) in [7, 11) is 3.27. The predicted octanol–water partition coefficient (Wildman–Crippen LogP) is 2.75. The molecule has 0 bridgehead atoms. The Morgan fingerprint density at radius 1 is 1.16 bits per heavy atom. The average molecular weight is 260 g/mol. The zero-order valence-electron chi connectivity index (χ0n) is 11.6. The van der Waals surface area contributed by atoms with Gasteiger partial charge in [0.05, 0.1) is 20.3 Å². The van der Waals surface area contributed by atoms with Gasteiger partial charge < -0.3 is 9.47 Å². The number of piperidine rings is 1. The van der Waals surface area contributed by atoms with Crippen molar-refractivity contribution in [3.63, 3.8) is 0 Å². The summed E-state index contributed by atoms with van der Waals surface area (Å²) in [5.41, 5.74) is 0.895. The highest BCUT2D eigenvalue weighted by molar-refractivity contribution is 5.44. The van der Waals surface area contributed by atoms with Crippen LogP contribution >= 0.6 is 0 Å². The van der Waals surface area contributed by atoms with Gasteiger partial charge in [0.2, 0.25) is 0 Å². The van der Waals surface area contributed by atoms with Gasteiger partial charge in [-0.15, -0.1) is 0 Å². The van der Waals surface area contributed by atoms with Crippen LogP contribution in [0.2, 0.25) is 0 Å². The fourth-order valence-electron chi connectivity index (χ4n) is 2.58. The Labute approximate surface area is 114 Å². The summed E-state index contributed by atoms with van der Waals surface area (Å²) in [6.07, 6.45) is 3.57. The molecule has 2 rings (SSSR count). The summed E-state index contributed by atoms with van der Waals surface area (Å²) in [5.74, 6) is 1.51. The van der Waals surface area contributed by atoms with Crippen molar-refractivity contribution in [2.45, 2.75) is 25.3 Å². The predicted molar refractivity (Wildman–Crippen MR) is 73.3 cm³/mol. The molecule has 1 aromatic carbocycles. The lowest BCUT2D eigenvalue weighted by molar-refractivity contribution is 0.193. The molecule has 0 amide bonds. The molecule has 1 aliphatic rings. The molecule has 0 aromatic heterocycles. The summed E-state index contributed by atoms with van der Waals surface area (Å²) < 4.78 is 10.6. The Kier molecular flexibility index (Phi) is 4.64. The smallest absolute Gasteiger partial charge is 0.127 e. The van der Waals surface area contributed by atoms with E-state index in [1.165, 1.54) is 6.42 Å². The summed E-state index contributed by atoms with van der Waals surface area (Å²) in [4.78, 5) is 2.22. The minimum Gasteiger partial charge on any atom is -0.497 e. The molecule has 0 radical (unpaired) electrons. The number of ether oxygens (including phenoxy) is 2. The fourth-order valence-corrected chi connectivity index (χ4v) is 2.58. The standard InChI is InChI=1S/C15H20N2O2/c1-18-12-6-7-15(19-2)13(10-12)14(11-16)17-8-4-3-5-9-17/h6-7,10,14H,3-5,8-9H2,1-2H3. The molecule has 102 valence electrons. The summed E-state index contributed by atoms with van der Waals surface area (Å²) in [6, 6.07) is 7.77. The molecule has 0 spiro atoms. The van der Waals surface area contributed by atoms with Gasteiger partial charge in [0.1, 0.15) is 17.5 Å². The molecule has 0 N–H and O–H groups in total. The molecule has 19 heavy (non-hydrogen) atoms. The van der Waals surface area contributed by atoms with Crippen molar-refractivity contribution < 1.29 is 9.47 Å². The third-order valence-electron chi connectivity index (χ3n) is 3.61. The van der Waals surface area contributed by atoms with E-state index in [1.54, 1.807) is 14.2 Å². The largest absolute Gasteiger partial charge is 0.497 e. The van der Waals surface area contributed by atoms with Crippen molar-refractivity contribution in [3.05, 3.63) is 23.8 Å². The molecule has 1 heterocycles. The van der Waals surface area contributed by atoms with Gasteiger partial charge >= 0.3 is 0 Å². The van der Waals surface area contributed by atoms with E-state index in [2.05, 4.69) is 11.0 Å². The van der Waals surface area contributed by atoms with Gasteiger partial charge in [0.25, 0.3) is 0 Å². The van der Waals surface area contributed by atoms with Gasteiger partial charge in [0, 0.05) is 5.56 Å². The van der Waals surface area contributed by atoms with Gasteiger partial charge in [-0.25, -0.2) is 0 Å². The first-order valence-corrected chi connectivity index (χ1v) is 6.65. The number of benzene rings is 1. The molecular weight excluding hydrogens is 240 g/mol. The van der Waals surface area contributed by atoms with Gasteiger partial charge in [0.15, 0.2) is 0 Å². The molecule has 1 unspecified atom stereocenters. The molecule has 1 atom stereocenters. The van der Waals surface area contributed by atoms with Crippen LogP contribution in [0.1, 0.15) is 30.9 Å². The Bertz CT molecular complexity index is 462. The molecule has 0 aliphatic carbocycles. The van der Waals surface area contributed by atoms with Crippen LogP contribution in [0.25, 0.3) is 0 Å². The number of rotatable bonds is 4. The van der Waals surface area contributed by atoms with Gasteiger partial charge in [-0.3, -0.25) is 4.90 Å². The summed E-state index contributed by atoms with van der Waals surface area (Å²) >= 11 is 0. The second-order valence-corrected chi connectivity index (χ2v) is 4.74. The van der Waals surface area contributed by atoms with E-state index in [4.69, 9.17) is 9.47 Å². The van der Waals surface area contributed by atoms with Crippen molar-refractivity contribution in [2.24, 2.45) is 0 Å². The van der Waals surface area contributed by atoms with Crippen LogP contribution in [0.5, 0.6) is 11.5 Å². The maximum absolute atomic E-state index is 9.53. The minimum atomic E-state index is -0.259. The molecule has 1 aromatic rings. The van der Waals surface area contributed by atoms with E-state index in [0.29, 0.717) is 0 Å². The van der Waals surface area contributed by atoms with Crippen molar-refractivity contribution in [2.75, 3.05) is 27.3 Å². The molecule has 4 heteroatoms. The van der Waals surface area contributed by atoms with Crippen LogP contribution in [0.15, 0.2) is 18.2 Å². The van der Waals surface area contributed by atoms with Crippen LogP contribution in [-0.2, 0) is 0 Å². The van der Waals surface area contributed by atoms with Crippen LogP contribution in [-0.4, -0.2) is 32.2 Å². The van der Waals surface area contributed by atoms with E-state index < -0.39 is 0 Å². The lowest BCUT2D eigenvalue weighted by Gasteiger charge is -2.31. The highest BCUT2D eigenvalue weighted by Crippen LogP contribution is 2.33. The van der Waals surface area contributed by atoms with Crippen molar-refractivity contribution in [1.82, 2.24) is 4.90 Å². The third kappa shape index (κ3) is 2.99. The van der Waals surface area contributed by atoms with Gasteiger partial charge in [-0.1, -0.05) is 6.42 Å². The number of likely N-dealkylation sites (tertiary alicyclic amines) is 1. The lowest BCUT2D eigenvalue weighted by atomic mass is 10.0. The van der Waals surface area contributed by atoms with E-state index >= 15 is 0 Å². The zero-order chi connectivity index (χ0) is 13.7. The topological polar surface area (TPSA) is 45.5 Å². The Morgan fingerprint density at radius 3 is 2.47 bits per heavy atom. The lowest BCUT2D eigenvalue weighted by Crippen LogP contribution is -2.33. The van der Waals surface area contributed by atoms with E-state index in [1.807, 2.05) is 18.2 Å². The fraction of sp³-hybridized carbons (Fsp3) is 0.533. The molecule has 4 nitrogen and oxygen atoms in total. The molecule has 1 fully saturated rings. The van der Waals surface area contributed by atoms with Crippen LogP contribution in [0.4, 0.5) is 0 Å². The second-order valence-electron chi connectivity index (χ2n) is 4.74. The number of hydrogen-bond donors (Lipinski definition) is 0. The zero-order valence-corrected chi connectivity index (χ0v) is 11.6. The van der Waals surface area contributed by atoms with Crippen LogP contribution in [0.3, 0.4) is 0 Å². The molecule has 1 saturated heterocycles. The second kappa shape index (κ2) is 6.44. The average Bonchev–Trinajstić information content (AvgIpc) is 2.49. The quantitative estimate of drug-likeness (QED) is 0.835. The maximum Gasteiger partial charge on any atom is 0.127 e. The van der Waals surface area contributed by atoms with E-state index in [9.17, 15) is 5.26 Å². The highest BCUT2D eigenvalue weighted by Gasteiger charge is 2.25. The number of methoxy groups -OCH3 is 2. The number of hydrogen-bond acceptors (Lipinski definition) is 4. The number of nitriles is 1. The Balaban J connectivity index is 2.33. The Morgan fingerprint density at radius 2 is 1.89 bits per heavy atom.